The zero-order chi connectivity index (χ0) is 16.3. The number of rotatable bonds is 7. The standard InChI is InChI=1S/C19H23NO3/c21-18(20-14-13-17-9-5-2-6-10-17)15-23-19(22)12-11-16-7-3-1-4-8-16/h1,3-4,7-9,11-12H,2,5-6,10,13-15H2,(H,20,21)/b12-11+. The molecule has 0 aliphatic heterocycles. The Kier molecular flexibility index (Phi) is 7.11. The van der Waals surface area contributed by atoms with E-state index in [0.29, 0.717) is 6.54 Å². The number of nitrogens with one attached hydrogen (secondary N) is 1. The summed E-state index contributed by atoms with van der Waals surface area (Å²) in [5, 5.41) is 2.78. The summed E-state index contributed by atoms with van der Waals surface area (Å²) >= 11 is 0. The normalized spacial score (nSPS) is 14.3. The Bertz CT molecular complexity index is 576. The van der Waals surface area contributed by atoms with Crippen molar-refractivity contribution in [2.24, 2.45) is 0 Å². The van der Waals surface area contributed by atoms with E-state index in [4.69, 9.17) is 4.74 Å². The summed E-state index contributed by atoms with van der Waals surface area (Å²) in [6, 6.07) is 9.46. The Morgan fingerprint density at radius 2 is 2.00 bits per heavy atom. The molecule has 2 rings (SSSR count). The van der Waals surface area contributed by atoms with Crippen molar-refractivity contribution in [1.82, 2.24) is 5.32 Å². The molecule has 1 amide bonds. The molecule has 0 unspecified atom stereocenters. The molecule has 0 saturated heterocycles. The minimum Gasteiger partial charge on any atom is -0.452 e. The SMILES string of the molecule is O=C(COC(=O)/C=C/c1ccccc1)NCCC1=CCCCC1. The van der Waals surface area contributed by atoms with Crippen molar-refractivity contribution in [2.45, 2.75) is 32.1 Å². The second kappa shape index (κ2) is 9.62. The molecule has 4 heteroatoms. The van der Waals surface area contributed by atoms with Gasteiger partial charge in [0.15, 0.2) is 6.61 Å². The molecular formula is C19H23NO3. The van der Waals surface area contributed by atoms with E-state index in [9.17, 15) is 9.59 Å². The fraction of sp³-hybridized carbons (Fsp3) is 0.368. The molecule has 0 fully saturated rings. The first-order valence-corrected chi connectivity index (χ1v) is 8.08. The van der Waals surface area contributed by atoms with Gasteiger partial charge in [-0.3, -0.25) is 4.79 Å². The van der Waals surface area contributed by atoms with Crippen molar-refractivity contribution >= 4 is 18.0 Å². The molecule has 0 aromatic heterocycles. The van der Waals surface area contributed by atoms with Gasteiger partial charge in [-0.2, -0.15) is 0 Å². The molecule has 23 heavy (non-hydrogen) atoms. The molecule has 1 N–H and O–H groups in total. The molecule has 1 aliphatic rings. The fourth-order valence-corrected chi connectivity index (χ4v) is 2.46. The van der Waals surface area contributed by atoms with Crippen molar-refractivity contribution in [1.29, 1.82) is 0 Å². The van der Waals surface area contributed by atoms with Crippen molar-refractivity contribution < 1.29 is 14.3 Å². The van der Waals surface area contributed by atoms with Gasteiger partial charge < -0.3 is 10.1 Å². The minimum atomic E-state index is -0.515. The Morgan fingerprint density at radius 1 is 1.17 bits per heavy atom. The summed E-state index contributed by atoms with van der Waals surface area (Å²) in [4.78, 5) is 23.2. The third-order valence-corrected chi connectivity index (χ3v) is 3.71. The van der Waals surface area contributed by atoms with Crippen LogP contribution in [0.5, 0.6) is 0 Å². The van der Waals surface area contributed by atoms with E-state index in [1.807, 2.05) is 30.3 Å². The van der Waals surface area contributed by atoms with E-state index >= 15 is 0 Å². The number of hydrogen-bond acceptors (Lipinski definition) is 3. The number of carbonyl (C=O) groups excluding carboxylic acids is 2. The molecule has 122 valence electrons. The van der Waals surface area contributed by atoms with E-state index < -0.39 is 5.97 Å². The van der Waals surface area contributed by atoms with Crippen LogP contribution in [0.25, 0.3) is 6.08 Å². The Balaban J connectivity index is 1.61. The lowest BCUT2D eigenvalue weighted by molar-refractivity contribution is -0.143. The lowest BCUT2D eigenvalue weighted by Crippen LogP contribution is -2.29. The van der Waals surface area contributed by atoms with Crippen LogP contribution < -0.4 is 5.32 Å². The highest BCUT2D eigenvalue weighted by molar-refractivity contribution is 5.89. The maximum absolute atomic E-state index is 11.6. The van der Waals surface area contributed by atoms with Crippen LogP contribution >= 0.6 is 0 Å². The monoisotopic (exact) mass is 313 g/mol. The molecular weight excluding hydrogens is 290 g/mol. The Labute approximate surface area is 137 Å². The summed E-state index contributed by atoms with van der Waals surface area (Å²) in [6.45, 7) is 0.360. The summed E-state index contributed by atoms with van der Waals surface area (Å²) in [7, 11) is 0. The quantitative estimate of drug-likeness (QED) is 0.477. The van der Waals surface area contributed by atoms with Crippen LogP contribution in [0.1, 0.15) is 37.7 Å². The molecule has 0 saturated carbocycles. The highest BCUT2D eigenvalue weighted by Gasteiger charge is 2.06. The summed E-state index contributed by atoms with van der Waals surface area (Å²) in [6.07, 6.45) is 10.9. The topological polar surface area (TPSA) is 55.4 Å². The van der Waals surface area contributed by atoms with Gasteiger partial charge in [0.25, 0.3) is 5.91 Å². The fourth-order valence-electron chi connectivity index (χ4n) is 2.46. The van der Waals surface area contributed by atoms with Gasteiger partial charge in [0, 0.05) is 12.6 Å². The summed E-state index contributed by atoms with van der Waals surface area (Å²) < 4.78 is 4.92. The molecule has 4 nitrogen and oxygen atoms in total. The molecule has 0 spiro atoms. The Hall–Kier alpha value is -2.36. The predicted molar refractivity (Wildman–Crippen MR) is 90.6 cm³/mol. The highest BCUT2D eigenvalue weighted by Crippen LogP contribution is 2.19. The van der Waals surface area contributed by atoms with Crippen LogP contribution in [0, 0.1) is 0 Å². The molecule has 0 heterocycles. The third-order valence-electron chi connectivity index (χ3n) is 3.71. The van der Waals surface area contributed by atoms with E-state index in [2.05, 4.69) is 11.4 Å². The first-order chi connectivity index (χ1) is 11.2. The summed E-state index contributed by atoms with van der Waals surface area (Å²) in [5.41, 5.74) is 2.33. The highest BCUT2D eigenvalue weighted by atomic mass is 16.5. The molecule has 0 atom stereocenters. The zero-order valence-electron chi connectivity index (χ0n) is 13.3. The Morgan fingerprint density at radius 3 is 2.74 bits per heavy atom. The van der Waals surface area contributed by atoms with E-state index in [-0.39, 0.29) is 12.5 Å². The largest absolute Gasteiger partial charge is 0.452 e. The number of ether oxygens (including phenoxy) is 1. The second-order valence-corrected chi connectivity index (χ2v) is 5.56. The molecule has 0 radical (unpaired) electrons. The first kappa shape index (κ1) is 17.0. The smallest absolute Gasteiger partial charge is 0.331 e. The van der Waals surface area contributed by atoms with Crippen molar-refractivity contribution in [3.63, 3.8) is 0 Å². The lowest BCUT2D eigenvalue weighted by atomic mass is 9.97. The second-order valence-electron chi connectivity index (χ2n) is 5.56. The van der Waals surface area contributed by atoms with Crippen LogP contribution in [0.3, 0.4) is 0 Å². The number of esters is 1. The van der Waals surface area contributed by atoms with Gasteiger partial charge >= 0.3 is 5.97 Å². The number of amides is 1. The van der Waals surface area contributed by atoms with Gasteiger partial charge in [0.2, 0.25) is 0 Å². The van der Waals surface area contributed by atoms with Crippen molar-refractivity contribution in [3.05, 3.63) is 53.6 Å². The number of hydrogen-bond donors (Lipinski definition) is 1. The zero-order valence-corrected chi connectivity index (χ0v) is 13.3. The average molecular weight is 313 g/mol. The average Bonchev–Trinajstić information content (AvgIpc) is 2.60. The maximum Gasteiger partial charge on any atom is 0.331 e. The third kappa shape index (κ3) is 6.96. The van der Waals surface area contributed by atoms with Crippen LogP contribution in [0.2, 0.25) is 0 Å². The van der Waals surface area contributed by atoms with Crippen molar-refractivity contribution in [3.8, 4) is 0 Å². The lowest BCUT2D eigenvalue weighted by Gasteiger charge is -2.12. The van der Waals surface area contributed by atoms with E-state index in [1.54, 1.807) is 6.08 Å². The number of allylic oxidation sites excluding steroid dienone is 1. The number of benzene rings is 1. The molecule has 1 aromatic rings. The molecule has 1 aromatic carbocycles. The van der Waals surface area contributed by atoms with Gasteiger partial charge in [-0.1, -0.05) is 42.0 Å². The van der Waals surface area contributed by atoms with Gasteiger partial charge in [0.1, 0.15) is 0 Å². The first-order valence-electron chi connectivity index (χ1n) is 8.08. The van der Waals surface area contributed by atoms with Gasteiger partial charge in [-0.05, 0) is 43.7 Å². The summed E-state index contributed by atoms with van der Waals surface area (Å²) in [5.74, 6) is -0.776. The number of carbonyl (C=O) groups is 2. The molecule has 1 aliphatic carbocycles. The van der Waals surface area contributed by atoms with Gasteiger partial charge in [0.05, 0.1) is 0 Å². The predicted octanol–water partition coefficient (Wildman–Crippen LogP) is 3.25. The molecule has 0 bridgehead atoms. The van der Waals surface area contributed by atoms with Crippen LogP contribution in [-0.2, 0) is 14.3 Å². The van der Waals surface area contributed by atoms with Crippen LogP contribution in [0.15, 0.2) is 48.1 Å². The van der Waals surface area contributed by atoms with Crippen LogP contribution in [0.4, 0.5) is 0 Å². The van der Waals surface area contributed by atoms with Gasteiger partial charge in [-0.25, -0.2) is 4.79 Å². The van der Waals surface area contributed by atoms with Crippen molar-refractivity contribution in [2.75, 3.05) is 13.2 Å². The maximum atomic E-state index is 11.6. The van der Waals surface area contributed by atoms with E-state index in [0.717, 1.165) is 24.8 Å². The van der Waals surface area contributed by atoms with Gasteiger partial charge in [-0.15, -0.1) is 0 Å². The minimum absolute atomic E-state index is 0.239. The van der Waals surface area contributed by atoms with E-state index in [1.165, 1.54) is 24.5 Å². The van der Waals surface area contributed by atoms with Crippen LogP contribution in [-0.4, -0.2) is 25.0 Å².